The van der Waals surface area contributed by atoms with Gasteiger partial charge in [-0.1, -0.05) is 6.42 Å². The number of aryl methyl sites for hydroxylation is 1. The molecule has 0 aliphatic heterocycles. The molecule has 1 heterocycles. The first-order valence-electron chi connectivity index (χ1n) is 7.58. The van der Waals surface area contributed by atoms with E-state index in [4.69, 9.17) is 5.73 Å². The fraction of sp³-hybridized carbons (Fsp3) is 0.688. The van der Waals surface area contributed by atoms with Crippen molar-refractivity contribution in [3.8, 4) is 0 Å². The van der Waals surface area contributed by atoms with Crippen LogP contribution in [0.1, 0.15) is 42.9 Å². The standard InChI is InChI=1S/C16H26N2OS.ClH/c1-11(2)18(10-14-8-7-12(3)20-14)16(19)15-6-4-5-13(15)9-17;/h7-8,11,13,15H,4-6,9-10,17H2,1-3H3;1H/t13-,15-;/m1./s1. The van der Waals surface area contributed by atoms with E-state index in [2.05, 4.69) is 32.9 Å². The van der Waals surface area contributed by atoms with Crippen molar-refractivity contribution >= 4 is 29.7 Å². The summed E-state index contributed by atoms with van der Waals surface area (Å²) >= 11 is 1.78. The van der Waals surface area contributed by atoms with Gasteiger partial charge in [0.15, 0.2) is 0 Å². The number of amides is 1. The average molecular weight is 331 g/mol. The third-order valence-corrected chi connectivity index (χ3v) is 5.29. The van der Waals surface area contributed by atoms with Crippen molar-refractivity contribution in [1.82, 2.24) is 4.90 Å². The van der Waals surface area contributed by atoms with E-state index in [1.54, 1.807) is 11.3 Å². The number of carbonyl (C=O) groups is 1. The number of thiophene rings is 1. The fourth-order valence-electron chi connectivity index (χ4n) is 3.11. The minimum absolute atomic E-state index is 0. The maximum Gasteiger partial charge on any atom is 0.226 e. The van der Waals surface area contributed by atoms with Crippen molar-refractivity contribution in [2.45, 2.75) is 52.6 Å². The molecular formula is C16H27ClN2OS. The van der Waals surface area contributed by atoms with E-state index in [0.29, 0.717) is 18.4 Å². The van der Waals surface area contributed by atoms with Crippen LogP contribution < -0.4 is 5.73 Å². The summed E-state index contributed by atoms with van der Waals surface area (Å²) in [5.74, 6) is 0.830. The fourth-order valence-corrected chi connectivity index (χ4v) is 4.00. The highest BCUT2D eigenvalue weighted by Crippen LogP contribution is 2.33. The van der Waals surface area contributed by atoms with Crippen LogP contribution in [0.5, 0.6) is 0 Å². The maximum atomic E-state index is 12.8. The Bertz CT molecular complexity index is 461. The SMILES string of the molecule is Cc1ccc(CN(C(=O)[C@@H]2CCC[C@@H]2CN)C(C)C)s1.Cl. The molecule has 0 saturated heterocycles. The first-order valence-corrected chi connectivity index (χ1v) is 8.40. The Labute approximate surface area is 138 Å². The molecule has 1 aromatic rings. The highest BCUT2D eigenvalue weighted by atomic mass is 35.5. The molecule has 0 radical (unpaired) electrons. The second-order valence-electron chi connectivity index (χ2n) is 6.11. The molecule has 0 spiro atoms. The molecule has 0 unspecified atom stereocenters. The molecule has 1 fully saturated rings. The number of rotatable bonds is 5. The van der Waals surface area contributed by atoms with Gasteiger partial charge in [-0.05, 0) is 58.2 Å². The Hall–Kier alpha value is -0.580. The van der Waals surface area contributed by atoms with Gasteiger partial charge in [-0.3, -0.25) is 4.79 Å². The number of hydrogen-bond acceptors (Lipinski definition) is 3. The topological polar surface area (TPSA) is 46.3 Å². The minimum atomic E-state index is 0. The molecule has 3 nitrogen and oxygen atoms in total. The van der Waals surface area contributed by atoms with E-state index < -0.39 is 0 Å². The molecule has 0 aromatic carbocycles. The third-order valence-electron chi connectivity index (χ3n) is 4.31. The van der Waals surface area contributed by atoms with Crippen LogP contribution in [-0.4, -0.2) is 23.4 Å². The van der Waals surface area contributed by atoms with Gasteiger partial charge in [-0.15, -0.1) is 23.7 Å². The second-order valence-corrected chi connectivity index (χ2v) is 7.48. The predicted molar refractivity (Wildman–Crippen MR) is 91.9 cm³/mol. The van der Waals surface area contributed by atoms with E-state index in [0.717, 1.165) is 25.8 Å². The lowest BCUT2D eigenvalue weighted by Crippen LogP contribution is -2.42. The predicted octanol–water partition coefficient (Wildman–Crippen LogP) is 3.59. The molecule has 1 aliphatic carbocycles. The first kappa shape index (κ1) is 18.5. The number of nitrogens with zero attached hydrogens (tertiary/aromatic N) is 1. The largest absolute Gasteiger partial charge is 0.335 e. The van der Waals surface area contributed by atoms with Gasteiger partial charge < -0.3 is 10.6 Å². The molecule has 21 heavy (non-hydrogen) atoms. The summed E-state index contributed by atoms with van der Waals surface area (Å²) in [6, 6.07) is 4.50. The lowest BCUT2D eigenvalue weighted by Gasteiger charge is -2.31. The molecule has 1 amide bonds. The number of hydrogen-bond donors (Lipinski definition) is 1. The van der Waals surface area contributed by atoms with E-state index in [-0.39, 0.29) is 24.4 Å². The van der Waals surface area contributed by atoms with Crippen LogP contribution in [0.3, 0.4) is 0 Å². The summed E-state index contributed by atoms with van der Waals surface area (Å²) in [6.07, 6.45) is 3.26. The Morgan fingerprint density at radius 3 is 2.67 bits per heavy atom. The highest BCUT2D eigenvalue weighted by Gasteiger charge is 2.35. The van der Waals surface area contributed by atoms with Crippen LogP contribution in [-0.2, 0) is 11.3 Å². The Balaban J connectivity index is 0.00000220. The van der Waals surface area contributed by atoms with Crippen LogP contribution in [0.15, 0.2) is 12.1 Å². The van der Waals surface area contributed by atoms with E-state index in [1.165, 1.54) is 9.75 Å². The van der Waals surface area contributed by atoms with Crippen LogP contribution in [0.2, 0.25) is 0 Å². The molecule has 2 atom stereocenters. The van der Waals surface area contributed by atoms with Crippen molar-refractivity contribution in [2.75, 3.05) is 6.54 Å². The summed E-state index contributed by atoms with van der Waals surface area (Å²) in [6.45, 7) is 7.69. The summed E-state index contributed by atoms with van der Waals surface area (Å²) in [5, 5.41) is 0. The van der Waals surface area contributed by atoms with Crippen LogP contribution in [0, 0.1) is 18.8 Å². The van der Waals surface area contributed by atoms with Crippen molar-refractivity contribution < 1.29 is 4.79 Å². The summed E-state index contributed by atoms with van der Waals surface area (Å²) < 4.78 is 0. The van der Waals surface area contributed by atoms with Gasteiger partial charge in [0.05, 0.1) is 6.54 Å². The zero-order valence-electron chi connectivity index (χ0n) is 13.2. The quantitative estimate of drug-likeness (QED) is 0.896. The van der Waals surface area contributed by atoms with Gasteiger partial charge in [0.25, 0.3) is 0 Å². The van der Waals surface area contributed by atoms with Crippen molar-refractivity contribution in [3.05, 3.63) is 21.9 Å². The second kappa shape index (κ2) is 8.16. The summed E-state index contributed by atoms with van der Waals surface area (Å²) in [5.41, 5.74) is 5.83. The lowest BCUT2D eigenvalue weighted by molar-refractivity contribution is -0.139. The van der Waals surface area contributed by atoms with Crippen molar-refractivity contribution in [3.63, 3.8) is 0 Å². The minimum Gasteiger partial charge on any atom is -0.335 e. The molecule has 1 aromatic heterocycles. The monoisotopic (exact) mass is 330 g/mol. The van der Waals surface area contributed by atoms with Crippen molar-refractivity contribution in [1.29, 1.82) is 0 Å². The Morgan fingerprint density at radius 2 is 2.14 bits per heavy atom. The van der Waals surface area contributed by atoms with E-state index in [9.17, 15) is 4.79 Å². The van der Waals surface area contributed by atoms with Gasteiger partial charge >= 0.3 is 0 Å². The zero-order valence-corrected chi connectivity index (χ0v) is 14.8. The summed E-state index contributed by atoms with van der Waals surface area (Å²) in [4.78, 5) is 17.4. The van der Waals surface area contributed by atoms with E-state index in [1.807, 2.05) is 4.90 Å². The maximum absolute atomic E-state index is 12.8. The molecule has 2 rings (SSSR count). The molecule has 1 aliphatic rings. The van der Waals surface area contributed by atoms with Gasteiger partial charge in [-0.2, -0.15) is 0 Å². The van der Waals surface area contributed by atoms with Gasteiger partial charge in [-0.25, -0.2) is 0 Å². The zero-order chi connectivity index (χ0) is 14.7. The first-order chi connectivity index (χ1) is 9.52. The number of nitrogens with two attached hydrogens (primary N) is 1. The van der Waals surface area contributed by atoms with Crippen LogP contribution >= 0.6 is 23.7 Å². The smallest absolute Gasteiger partial charge is 0.226 e. The molecule has 120 valence electrons. The average Bonchev–Trinajstić information content (AvgIpc) is 3.03. The van der Waals surface area contributed by atoms with Gasteiger partial charge in [0, 0.05) is 21.7 Å². The van der Waals surface area contributed by atoms with Gasteiger partial charge in [0.2, 0.25) is 5.91 Å². The molecule has 1 saturated carbocycles. The number of halogens is 1. The lowest BCUT2D eigenvalue weighted by atomic mass is 9.94. The van der Waals surface area contributed by atoms with Gasteiger partial charge in [0.1, 0.15) is 0 Å². The number of carbonyl (C=O) groups excluding carboxylic acids is 1. The molecule has 0 bridgehead atoms. The molecule has 2 N–H and O–H groups in total. The molecular weight excluding hydrogens is 304 g/mol. The molecule has 5 heteroatoms. The van der Waals surface area contributed by atoms with Crippen LogP contribution in [0.25, 0.3) is 0 Å². The van der Waals surface area contributed by atoms with Crippen LogP contribution in [0.4, 0.5) is 0 Å². The van der Waals surface area contributed by atoms with Crippen molar-refractivity contribution in [2.24, 2.45) is 17.6 Å². The normalized spacial score (nSPS) is 21.4. The van der Waals surface area contributed by atoms with E-state index >= 15 is 0 Å². The Kier molecular flexibility index (Phi) is 7.17. The Morgan fingerprint density at radius 1 is 1.43 bits per heavy atom. The summed E-state index contributed by atoms with van der Waals surface area (Å²) in [7, 11) is 0. The highest BCUT2D eigenvalue weighted by molar-refractivity contribution is 7.11. The third kappa shape index (κ3) is 4.44.